The fourth-order valence-electron chi connectivity index (χ4n) is 1.29. The van der Waals surface area contributed by atoms with Crippen LogP contribution in [0.5, 0.6) is 0 Å². The first-order valence-corrected chi connectivity index (χ1v) is 7.24. The third kappa shape index (κ3) is 4.36. The summed E-state index contributed by atoms with van der Waals surface area (Å²) >= 11 is 5.57. The van der Waals surface area contributed by atoms with E-state index in [1.54, 1.807) is 0 Å². The van der Waals surface area contributed by atoms with Gasteiger partial charge in [0.25, 0.3) is 5.69 Å². The summed E-state index contributed by atoms with van der Waals surface area (Å²) in [5, 5.41) is 19.8. The minimum absolute atomic E-state index is 0.214. The maximum atomic E-state index is 11.9. The number of methoxy groups -OCH3 is 1. The smallest absolute Gasteiger partial charge is 0.336 e. The molecule has 1 aromatic carbocycles. The number of carbonyl (C=O) groups excluding carboxylic acids is 1. The Morgan fingerprint density at radius 1 is 1.57 bits per heavy atom. The van der Waals surface area contributed by atoms with Gasteiger partial charge in [0.2, 0.25) is 10.0 Å². The Bertz CT molecular complexity index is 661. The molecule has 11 heteroatoms. The lowest BCUT2D eigenvalue weighted by Gasteiger charge is -2.10. The average molecular weight is 339 g/mol. The van der Waals surface area contributed by atoms with Crippen LogP contribution in [-0.2, 0) is 19.6 Å². The predicted molar refractivity (Wildman–Crippen MR) is 71.3 cm³/mol. The first-order valence-electron chi connectivity index (χ1n) is 5.38. The van der Waals surface area contributed by atoms with E-state index in [4.69, 9.17) is 11.6 Å². The van der Waals surface area contributed by atoms with Crippen molar-refractivity contribution in [3.05, 3.63) is 33.3 Å². The van der Waals surface area contributed by atoms with E-state index in [9.17, 15) is 28.4 Å². The molecule has 1 atom stereocenters. The van der Waals surface area contributed by atoms with Crippen LogP contribution in [0.4, 0.5) is 5.69 Å². The summed E-state index contributed by atoms with van der Waals surface area (Å²) in [6.07, 6.45) is -1.69. The SMILES string of the molecule is COC(=O)C(O)CNS(=O)(=O)c1ccc(Cl)c([N+](=O)[O-])c1. The predicted octanol–water partition coefficient (Wildman–Crippen LogP) is 0.0604. The number of rotatable bonds is 6. The number of hydrogen-bond acceptors (Lipinski definition) is 7. The quantitative estimate of drug-likeness (QED) is 0.425. The van der Waals surface area contributed by atoms with Gasteiger partial charge >= 0.3 is 5.97 Å². The number of nitrogens with one attached hydrogen (secondary N) is 1. The Hall–Kier alpha value is -1.75. The first kappa shape index (κ1) is 17.3. The Labute approximate surface area is 124 Å². The van der Waals surface area contributed by atoms with Gasteiger partial charge in [-0.2, -0.15) is 0 Å². The van der Waals surface area contributed by atoms with Crippen molar-refractivity contribution >= 4 is 33.3 Å². The van der Waals surface area contributed by atoms with E-state index in [1.165, 1.54) is 0 Å². The molecule has 0 aromatic heterocycles. The van der Waals surface area contributed by atoms with Crippen LogP contribution in [0.2, 0.25) is 5.02 Å². The largest absolute Gasteiger partial charge is 0.467 e. The molecule has 9 nitrogen and oxygen atoms in total. The van der Waals surface area contributed by atoms with Crippen molar-refractivity contribution in [1.29, 1.82) is 0 Å². The monoisotopic (exact) mass is 338 g/mol. The third-order valence-corrected chi connectivity index (χ3v) is 4.11. The van der Waals surface area contributed by atoms with E-state index in [0.717, 1.165) is 25.3 Å². The molecule has 0 fully saturated rings. The van der Waals surface area contributed by atoms with Crippen LogP contribution >= 0.6 is 11.6 Å². The molecule has 0 saturated heterocycles. The third-order valence-electron chi connectivity index (χ3n) is 2.36. The van der Waals surface area contributed by atoms with E-state index in [1.807, 2.05) is 4.72 Å². The molecule has 21 heavy (non-hydrogen) atoms. The molecule has 0 saturated carbocycles. The standard InChI is InChI=1S/C10H11ClN2O7S/c1-20-10(15)9(14)5-12-21(18,19)6-2-3-7(11)8(4-6)13(16)17/h2-4,9,12,14H,5H2,1H3. The van der Waals surface area contributed by atoms with E-state index >= 15 is 0 Å². The van der Waals surface area contributed by atoms with Crippen LogP contribution in [0.25, 0.3) is 0 Å². The summed E-state index contributed by atoms with van der Waals surface area (Å²) < 4.78 is 29.9. The summed E-state index contributed by atoms with van der Waals surface area (Å²) in [6, 6.07) is 2.89. The van der Waals surface area contributed by atoms with Crippen LogP contribution in [0, 0.1) is 10.1 Å². The summed E-state index contributed by atoms with van der Waals surface area (Å²) in [6.45, 7) is -0.634. The zero-order chi connectivity index (χ0) is 16.2. The van der Waals surface area contributed by atoms with Crippen molar-refractivity contribution in [2.24, 2.45) is 0 Å². The Morgan fingerprint density at radius 3 is 2.71 bits per heavy atom. The number of esters is 1. The second-order valence-corrected chi connectivity index (χ2v) is 5.94. The zero-order valence-corrected chi connectivity index (χ0v) is 12.2. The molecule has 0 aliphatic rings. The number of carbonyl (C=O) groups is 1. The fraction of sp³-hybridized carbons (Fsp3) is 0.300. The van der Waals surface area contributed by atoms with E-state index in [-0.39, 0.29) is 5.02 Å². The van der Waals surface area contributed by atoms with Gasteiger partial charge in [0.1, 0.15) is 5.02 Å². The van der Waals surface area contributed by atoms with Crippen molar-refractivity contribution in [2.45, 2.75) is 11.0 Å². The highest BCUT2D eigenvalue weighted by atomic mass is 35.5. The lowest BCUT2D eigenvalue weighted by atomic mass is 10.3. The molecule has 1 unspecified atom stereocenters. The lowest BCUT2D eigenvalue weighted by Crippen LogP contribution is -2.37. The van der Waals surface area contributed by atoms with Crippen molar-refractivity contribution in [1.82, 2.24) is 4.72 Å². The molecule has 1 aromatic rings. The second kappa shape index (κ2) is 6.80. The number of ether oxygens (including phenoxy) is 1. The average Bonchev–Trinajstić information content (AvgIpc) is 2.43. The normalized spacial score (nSPS) is 12.7. The minimum atomic E-state index is -4.15. The fourth-order valence-corrected chi connectivity index (χ4v) is 2.54. The summed E-state index contributed by atoms with van der Waals surface area (Å²) in [7, 11) is -3.12. The lowest BCUT2D eigenvalue weighted by molar-refractivity contribution is -0.384. The Kier molecular flexibility index (Phi) is 5.61. The molecule has 116 valence electrons. The molecule has 0 spiro atoms. The van der Waals surface area contributed by atoms with Crippen molar-refractivity contribution in [2.75, 3.05) is 13.7 Å². The Balaban J connectivity index is 2.96. The van der Waals surface area contributed by atoms with Crippen molar-refractivity contribution in [3.8, 4) is 0 Å². The van der Waals surface area contributed by atoms with E-state index in [2.05, 4.69) is 4.74 Å². The van der Waals surface area contributed by atoms with Gasteiger partial charge in [-0.15, -0.1) is 0 Å². The highest BCUT2D eigenvalue weighted by Gasteiger charge is 2.23. The highest BCUT2D eigenvalue weighted by molar-refractivity contribution is 7.89. The van der Waals surface area contributed by atoms with Crippen LogP contribution in [0.1, 0.15) is 0 Å². The number of aliphatic hydroxyl groups is 1. The molecule has 0 amide bonds. The zero-order valence-electron chi connectivity index (χ0n) is 10.6. The molecule has 0 aliphatic heterocycles. The van der Waals surface area contributed by atoms with Gasteiger partial charge in [0.15, 0.2) is 6.10 Å². The topological polar surface area (TPSA) is 136 Å². The molecule has 0 bridgehead atoms. The molecule has 2 N–H and O–H groups in total. The van der Waals surface area contributed by atoms with Gasteiger partial charge in [0, 0.05) is 12.6 Å². The molecule has 0 radical (unpaired) electrons. The maximum absolute atomic E-state index is 11.9. The van der Waals surface area contributed by atoms with Crippen molar-refractivity contribution in [3.63, 3.8) is 0 Å². The van der Waals surface area contributed by atoms with E-state index in [0.29, 0.717) is 0 Å². The number of nitro groups is 1. The second-order valence-electron chi connectivity index (χ2n) is 3.76. The summed E-state index contributed by atoms with van der Waals surface area (Å²) in [4.78, 5) is 20.4. The van der Waals surface area contributed by atoms with Crippen LogP contribution in [0.3, 0.4) is 0 Å². The van der Waals surface area contributed by atoms with Crippen LogP contribution in [0.15, 0.2) is 23.1 Å². The van der Waals surface area contributed by atoms with Gasteiger partial charge in [-0.1, -0.05) is 11.6 Å². The number of nitrogens with zero attached hydrogens (tertiary/aromatic N) is 1. The Morgan fingerprint density at radius 2 is 2.19 bits per heavy atom. The van der Waals surface area contributed by atoms with Gasteiger partial charge in [0.05, 0.1) is 16.9 Å². The van der Waals surface area contributed by atoms with E-state index < -0.39 is 44.1 Å². The van der Waals surface area contributed by atoms with Gasteiger partial charge in [-0.3, -0.25) is 10.1 Å². The van der Waals surface area contributed by atoms with Gasteiger partial charge in [-0.05, 0) is 12.1 Å². The number of halogens is 1. The molecular formula is C10H11ClN2O7S. The number of sulfonamides is 1. The molecule has 0 aliphatic carbocycles. The van der Waals surface area contributed by atoms with Crippen LogP contribution in [-0.4, -0.2) is 44.2 Å². The van der Waals surface area contributed by atoms with Gasteiger partial charge < -0.3 is 9.84 Å². The number of benzene rings is 1. The van der Waals surface area contributed by atoms with Gasteiger partial charge in [-0.25, -0.2) is 17.9 Å². The minimum Gasteiger partial charge on any atom is -0.467 e. The van der Waals surface area contributed by atoms with Crippen LogP contribution < -0.4 is 4.72 Å². The number of aliphatic hydroxyl groups excluding tert-OH is 1. The first-order chi connectivity index (χ1) is 9.69. The summed E-state index contributed by atoms with van der Waals surface area (Å²) in [5.74, 6) is -1.01. The number of hydrogen-bond donors (Lipinski definition) is 2. The molecule has 1 rings (SSSR count). The molecular weight excluding hydrogens is 328 g/mol. The molecule has 0 heterocycles. The summed E-state index contributed by atoms with van der Waals surface area (Å²) in [5.41, 5.74) is -0.576. The highest BCUT2D eigenvalue weighted by Crippen LogP contribution is 2.26. The maximum Gasteiger partial charge on any atom is 0.336 e. The number of nitro benzene ring substituents is 1. The van der Waals surface area contributed by atoms with Crippen molar-refractivity contribution < 1.29 is 28.0 Å².